The number of nitrogens with zero attached hydrogens (tertiary/aromatic N) is 1. The summed E-state index contributed by atoms with van der Waals surface area (Å²) < 4.78 is 12.8. The summed E-state index contributed by atoms with van der Waals surface area (Å²) in [5.74, 6) is -0.531. The quantitative estimate of drug-likeness (QED) is 0.681. The summed E-state index contributed by atoms with van der Waals surface area (Å²) in [6.07, 6.45) is 3.77. The lowest BCUT2D eigenvalue weighted by atomic mass is 10.1. The van der Waals surface area contributed by atoms with E-state index in [1.165, 1.54) is 35.4 Å². The van der Waals surface area contributed by atoms with Gasteiger partial charge in [0, 0.05) is 31.7 Å². The molecule has 2 aromatic rings. The first-order chi connectivity index (χ1) is 13.6. The van der Waals surface area contributed by atoms with E-state index in [2.05, 4.69) is 22.8 Å². The molecular formula is C22H26FN3O2. The van der Waals surface area contributed by atoms with E-state index in [1.807, 2.05) is 17.0 Å². The highest BCUT2D eigenvalue weighted by atomic mass is 19.1. The van der Waals surface area contributed by atoms with Gasteiger partial charge in [0.1, 0.15) is 5.82 Å². The third kappa shape index (κ3) is 5.55. The fourth-order valence-corrected chi connectivity index (χ4v) is 3.29. The summed E-state index contributed by atoms with van der Waals surface area (Å²) in [4.78, 5) is 25.9. The minimum atomic E-state index is -0.349. The van der Waals surface area contributed by atoms with Crippen molar-refractivity contribution in [3.63, 3.8) is 0 Å². The van der Waals surface area contributed by atoms with Crippen molar-refractivity contribution in [3.8, 4) is 0 Å². The number of nitrogens with one attached hydrogen (secondary N) is 2. The molecule has 1 aliphatic rings. The Kier molecular flexibility index (Phi) is 7.00. The summed E-state index contributed by atoms with van der Waals surface area (Å²) in [5.41, 5.74) is 2.91. The highest BCUT2D eigenvalue weighted by molar-refractivity contribution is 5.94. The molecular weight excluding hydrogens is 357 g/mol. The maximum absolute atomic E-state index is 12.8. The summed E-state index contributed by atoms with van der Waals surface area (Å²) in [6, 6.07) is 13.6. The fraction of sp³-hybridized carbons (Fsp3) is 0.364. The predicted molar refractivity (Wildman–Crippen MR) is 106 cm³/mol. The van der Waals surface area contributed by atoms with Crippen molar-refractivity contribution < 1.29 is 14.0 Å². The lowest BCUT2D eigenvalue weighted by Gasteiger charge is -2.16. The van der Waals surface area contributed by atoms with Gasteiger partial charge in [-0.2, -0.15) is 0 Å². The second-order valence-corrected chi connectivity index (χ2v) is 7.03. The van der Waals surface area contributed by atoms with Crippen LogP contribution in [0.2, 0.25) is 0 Å². The number of fused-ring (bicyclic) bond motifs is 1. The zero-order valence-electron chi connectivity index (χ0n) is 15.9. The van der Waals surface area contributed by atoms with Crippen LogP contribution in [-0.4, -0.2) is 29.9 Å². The van der Waals surface area contributed by atoms with E-state index < -0.39 is 0 Å². The lowest BCUT2D eigenvalue weighted by molar-refractivity contribution is 0.0953. The largest absolute Gasteiger partial charge is 0.352 e. The Morgan fingerprint density at radius 3 is 2.00 bits per heavy atom. The van der Waals surface area contributed by atoms with Gasteiger partial charge in [0.15, 0.2) is 0 Å². The van der Waals surface area contributed by atoms with Gasteiger partial charge in [0.25, 0.3) is 5.91 Å². The van der Waals surface area contributed by atoms with Crippen LogP contribution in [0.1, 0.15) is 47.2 Å². The Morgan fingerprint density at radius 2 is 1.39 bits per heavy atom. The van der Waals surface area contributed by atoms with E-state index >= 15 is 0 Å². The normalized spacial score (nSPS) is 12.5. The third-order valence-electron chi connectivity index (χ3n) is 4.90. The van der Waals surface area contributed by atoms with Crippen LogP contribution < -0.4 is 10.6 Å². The second kappa shape index (κ2) is 9.88. The van der Waals surface area contributed by atoms with E-state index in [1.54, 1.807) is 0 Å². The number of hydrogen-bond donors (Lipinski definition) is 2. The molecule has 0 saturated heterocycles. The Morgan fingerprint density at radius 1 is 0.821 bits per heavy atom. The molecule has 0 bridgehead atoms. The maximum atomic E-state index is 12.8. The average Bonchev–Trinajstić information content (AvgIpc) is 3.14. The number of benzene rings is 2. The average molecular weight is 383 g/mol. The van der Waals surface area contributed by atoms with E-state index in [4.69, 9.17) is 0 Å². The van der Waals surface area contributed by atoms with Crippen LogP contribution in [0.3, 0.4) is 0 Å². The molecule has 6 heteroatoms. The number of rotatable bonds is 8. The van der Waals surface area contributed by atoms with Crippen LogP contribution >= 0.6 is 0 Å². The molecule has 3 amide bonds. The molecule has 0 spiro atoms. The summed E-state index contributed by atoms with van der Waals surface area (Å²) >= 11 is 0. The first-order valence-electron chi connectivity index (χ1n) is 9.77. The van der Waals surface area contributed by atoms with Crippen molar-refractivity contribution in [2.24, 2.45) is 0 Å². The fourth-order valence-electron chi connectivity index (χ4n) is 3.29. The maximum Gasteiger partial charge on any atom is 0.318 e. The first-order valence-corrected chi connectivity index (χ1v) is 9.77. The summed E-state index contributed by atoms with van der Waals surface area (Å²) in [7, 11) is 0. The van der Waals surface area contributed by atoms with E-state index in [0.717, 1.165) is 25.7 Å². The van der Waals surface area contributed by atoms with Crippen LogP contribution in [0, 0.1) is 5.82 Å². The number of carbonyl (C=O) groups excluding carboxylic acids is 2. The molecule has 0 saturated carbocycles. The standard InChI is InChI=1S/C22H26FN3O2/c23-20-11-9-17(10-12-20)21(27)24-13-5-1-2-6-14-25-22(28)26-15-18-7-3-4-8-19(18)16-26/h3-4,7-12H,1-2,5-6,13-16H2,(H,24,27)(H,25,28). The van der Waals surface area contributed by atoms with Gasteiger partial charge in [-0.05, 0) is 48.2 Å². The van der Waals surface area contributed by atoms with Crippen LogP contribution in [0.5, 0.6) is 0 Å². The highest BCUT2D eigenvalue weighted by Crippen LogP contribution is 2.21. The molecule has 0 aliphatic carbocycles. The van der Waals surface area contributed by atoms with Crippen LogP contribution in [0.25, 0.3) is 0 Å². The molecule has 0 unspecified atom stereocenters. The molecule has 2 N–H and O–H groups in total. The Bertz CT molecular complexity index is 783. The Balaban J connectivity index is 1.21. The Labute approximate surface area is 164 Å². The predicted octanol–water partition coefficient (Wildman–Crippen LogP) is 3.84. The van der Waals surface area contributed by atoms with Gasteiger partial charge >= 0.3 is 6.03 Å². The number of urea groups is 1. The Hall–Kier alpha value is -2.89. The van der Waals surface area contributed by atoms with Gasteiger partial charge in [-0.3, -0.25) is 4.79 Å². The van der Waals surface area contributed by atoms with Gasteiger partial charge in [0.05, 0.1) is 0 Å². The first kappa shape index (κ1) is 19.9. The molecule has 3 rings (SSSR count). The zero-order chi connectivity index (χ0) is 19.8. The summed E-state index contributed by atoms with van der Waals surface area (Å²) in [5, 5.41) is 5.82. The van der Waals surface area contributed by atoms with Crippen molar-refractivity contribution in [2.45, 2.75) is 38.8 Å². The van der Waals surface area contributed by atoms with E-state index in [9.17, 15) is 14.0 Å². The van der Waals surface area contributed by atoms with Gasteiger partial charge in [-0.25, -0.2) is 9.18 Å². The van der Waals surface area contributed by atoms with Crippen molar-refractivity contribution >= 4 is 11.9 Å². The van der Waals surface area contributed by atoms with Gasteiger partial charge in [0.2, 0.25) is 0 Å². The van der Waals surface area contributed by atoms with Crippen LogP contribution in [0.4, 0.5) is 9.18 Å². The molecule has 5 nitrogen and oxygen atoms in total. The second-order valence-electron chi connectivity index (χ2n) is 7.03. The van der Waals surface area contributed by atoms with Crippen LogP contribution in [-0.2, 0) is 13.1 Å². The molecule has 0 radical (unpaired) electrons. The SMILES string of the molecule is O=C(NCCCCCCNC(=O)N1Cc2ccccc2C1)c1ccc(F)cc1. The monoisotopic (exact) mass is 383 g/mol. The molecule has 1 heterocycles. The molecule has 28 heavy (non-hydrogen) atoms. The minimum absolute atomic E-state index is 0.0113. The molecule has 0 atom stereocenters. The molecule has 2 aromatic carbocycles. The van der Waals surface area contributed by atoms with Gasteiger partial charge in [-0.1, -0.05) is 37.1 Å². The van der Waals surface area contributed by atoms with Gasteiger partial charge in [-0.15, -0.1) is 0 Å². The lowest BCUT2D eigenvalue weighted by Crippen LogP contribution is -2.36. The zero-order valence-corrected chi connectivity index (χ0v) is 15.9. The van der Waals surface area contributed by atoms with Crippen molar-refractivity contribution in [3.05, 3.63) is 71.0 Å². The number of amides is 3. The number of carbonyl (C=O) groups is 2. The molecule has 0 fully saturated rings. The number of unbranched alkanes of at least 4 members (excludes halogenated alkanes) is 3. The number of halogens is 1. The third-order valence-corrected chi connectivity index (χ3v) is 4.90. The minimum Gasteiger partial charge on any atom is -0.352 e. The van der Waals surface area contributed by atoms with E-state index in [-0.39, 0.29) is 17.8 Å². The van der Waals surface area contributed by atoms with Crippen molar-refractivity contribution in [2.75, 3.05) is 13.1 Å². The van der Waals surface area contributed by atoms with Crippen molar-refractivity contribution in [1.29, 1.82) is 0 Å². The van der Waals surface area contributed by atoms with Crippen LogP contribution in [0.15, 0.2) is 48.5 Å². The number of hydrogen-bond acceptors (Lipinski definition) is 2. The molecule has 1 aliphatic heterocycles. The summed E-state index contributed by atoms with van der Waals surface area (Å²) in [6.45, 7) is 2.60. The highest BCUT2D eigenvalue weighted by Gasteiger charge is 2.22. The topological polar surface area (TPSA) is 61.4 Å². The van der Waals surface area contributed by atoms with Gasteiger partial charge < -0.3 is 15.5 Å². The smallest absolute Gasteiger partial charge is 0.318 e. The molecule has 148 valence electrons. The molecule has 0 aromatic heterocycles. The van der Waals surface area contributed by atoms with Crippen molar-refractivity contribution in [1.82, 2.24) is 15.5 Å². The van der Waals surface area contributed by atoms with E-state index in [0.29, 0.717) is 31.7 Å².